The minimum atomic E-state index is -4.43. The third-order valence-corrected chi connectivity index (χ3v) is 3.96. The summed E-state index contributed by atoms with van der Waals surface area (Å²) in [6.45, 7) is 0.461. The Balaban J connectivity index is 2.27. The fraction of sp³-hybridized carbons (Fsp3) is 0.267. The molecule has 0 saturated heterocycles. The van der Waals surface area contributed by atoms with Crippen LogP contribution in [0.2, 0.25) is 0 Å². The minimum absolute atomic E-state index is 0.270. The van der Waals surface area contributed by atoms with E-state index in [2.05, 4.69) is 0 Å². The van der Waals surface area contributed by atoms with E-state index in [0.717, 1.165) is 10.4 Å². The number of thiophene rings is 1. The van der Waals surface area contributed by atoms with Crippen LogP contribution in [0.4, 0.5) is 13.2 Å². The number of halogens is 3. The summed E-state index contributed by atoms with van der Waals surface area (Å²) in [5.74, 6) is -0.0555. The molecular weight excluding hydrogens is 315 g/mol. The van der Waals surface area contributed by atoms with Crippen LogP contribution in [-0.4, -0.2) is 25.7 Å². The number of ether oxygens (including phenoxy) is 1. The molecule has 7 heteroatoms. The van der Waals surface area contributed by atoms with Gasteiger partial charge in [-0.15, -0.1) is 11.3 Å². The van der Waals surface area contributed by atoms with Crippen molar-refractivity contribution < 1.29 is 22.7 Å². The predicted octanol–water partition coefficient (Wildman–Crippen LogP) is 4.02. The zero-order valence-corrected chi connectivity index (χ0v) is 12.8. The van der Waals surface area contributed by atoms with Crippen LogP contribution in [0.3, 0.4) is 0 Å². The van der Waals surface area contributed by atoms with Crippen molar-refractivity contribution in [1.82, 2.24) is 5.32 Å². The van der Waals surface area contributed by atoms with Crippen LogP contribution in [-0.2, 0) is 0 Å². The maximum atomic E-state index is 12.2. The van der Waals surface area contributed by atoms with E-state index in [9.17, 15) is 18.0 Å². The number of aryl methyl sites for hydroxylation is 1. The van der Waals surface area contributed by atoms with E-state index in [-0.39, 0.29) is 4.88 Å². The smallest absolute Gasteiger partial charge is 0.405 e. The van der Waals surface area contributed by atoms with Crippen molar-refractivity contribution in [3.8, 4) is 16.9 Å². The zero-order valence-electron chi connectivity index (χ0n) is 12.0. The quantitative estimate of drug-likeness (QED) is 0.920. The highest BCUT2D eigenvalue weighted by Crippen LogP contribution is 2.32. The van der Waals surface area contributed by atoms with Crippen LogP contribution in [0.15, 0.2) is 30.3 Å². The highest BCUT2D eigenvalue weighted by molar-refractivity contribution is 7.14. The van der Waals surface area contributed by atoms with Gasteiger partial charge in [-0.05, 0) is 30.7 Å². The average Bonchev–Trinajstić information content (AvgIpc) is 2.86. The van der Waals surface area contributed by atoms with Gasteiger partial charge in [0, 0.05) is 10.4 Å². The number of methoxy groups -OCH3 is 1. The number of carbonyl (C=O) groups is 1. The van der Waals surface area contributed by atoms with E-state index in [1.807, 2.05) is 5.32 Å². The minimum Gasteiger partial charge on any atom is -0.497 e. The van der Waals surface area contributed by atoms with E-state index in [0.29, 0.717) is 11.3 Å². The molecule has 22 heavy (non-hydrogen) atoms. The molecule has 1 aromatic heterocycles. The van der Waals surface area contributed by atoms with E-state index in [4.69, 9.17) is 4.74 Å². The maximum absolute atomic E-state index is 12.2. The van der Waals surface area contributed by atoms with Crippen LogP contribution in [0.25, 0.3) is 11.1 Å². The van der Waals surface area contributed by atoms with E-state index < -0.39 is 18.6 Å². The summed E-state index contributed by atoms with van der Waals surface area (Å²) in [7, 11) is 1.54. The van der Waals surface area contributed by atoms with Gasteiger partial charge < -0.3 is 10.1 Å². The number of nitrogens with one attached hydrogen (secondary N) is 1. The van der Waals surface area contributed by atoms with Gasteiger partial charge in [0.15, 0.2) is 0 Å². The Kier molecular flexibility index (Phi) is 4.75. The van der Waals surface area contributed by atoms with Gasteiger partial charge in [-0.1, -0.05) is 12.1 Å². The first kappa shape index (κ1) is 16.4. The normalized spacial score (nSPS) is 11.3. The maximum Gasteiger partial charge on any atom is 0.405 e. The lowest BCUT2D eigenvalue weighted by Gasteiger charge is -2.09. The Morgan fingerprint density at radius 2 is 1.91 bits per heavy atom. The van der Waals surface area contributed by atoms with Crippen LogP contribution in [0, 0.1) is 6.92 Å². The van der Waals surface area contributed by atoms with Crippen molar-refractivity contribution >= 4 is 17.2 Å². The van der Waals surface area contributed by atoms with Crippen molar-refractivity contribution in [2.45, 2.75) is 13.1 Å². The molecule has 0 bridgehead atoms. The fourth-order valence-electron chi connectivity index (χ4n) is 1.93. The van der Waals surface area contributed by atoms with Gasteiger partial charge >= 0.3 is 6.18 Å². The van der Waals surface area contributed by atoms with Crippen LogP contribution >= 0.6 is 11.3 Å². The first-order valence-electron chi connectivity index (χ1n) is 6.40. The van der Waals surface area contributed by atoms with Crippen molar-refractivity contribution in [2.24, 2.45) is 0 Å². The molecule has 0 atom stereocenters. The Morgan fingerprint density at radius 3 is 2.45 bits per heavy atom. The Hall–Kier alpha value is -2.02. The molecular formula is C15H14F3NO2S. The largest absolute Gasteiger partial charge is 0.497 e. The summed E-state index contributed by atoms with van der Waals surface area (Å²) in [5.41, 5.74) is 1.37. The molecule has 0 saturated carbocycles. The first-order valence-corrected chi connectivity index (χ1v) is 7.21. The molecule has 118 valence electrons. The summed E-state index contributed by atoms with van der Waals surface area (Å²) in [4.78, 5) is 13.1. The lowest BCUT2D eigenvalue weighted by Crippen LogP contribution is -2.33. The monoisotopic (exact) mass is 329 g/mol. The van der Waals surface area contributed by atoms with Crippen molar-refractivity contribution in [2.75, 3.05) is 13.7 Å². The molecule has 1 heterocycles. The molecule has 0 aliphatic rings. The topological polar surface area (TPSA) is 38.3 Å². The van der Waals surface area contributed by atoms with E-state index in [1.165, 1.54) is 11.3 Å². The average molecular weight is 329 g/mol. The number of carbonyl (C=O) groups excluding carboxylic acids is 1. The molecule has 0 unspecified atom stereocenters. The Bertz CT molecular complexity index is 662. The third-order valence-electron chi connectivity index (χ3n) is 2.91. The molecule has 1 N–H and O–H groups in total. The molecule has 1 amide bonds. The van der Waals surface area contributed by atoms with Gasteiger partial charge in [-0.2, -0.15) is 13.2 Å². The highest BCUT2D eigenvalue weighted by Gasteiger charge is 2.28. The molecule has 3 nitrogen and oxygen atoms in total. The number of amides is 1. The molecule has 0 aliphatic heterocycles. The molecule has 1 aromatic carbocycles. The molecule has 0 aliphatic carbocycles. The molecule has 0 radical (unpaired) electrons. The fourth-order valence-corrected chi connectivity index (χ4v) is 2.88. The predicted molar refractivity (Wildman–Crippen MR) is 79.4 cm³/mol. The summed E-state index contributed by atoms with van der Waals surface area (Å²) in [6, 6.07) is 8.79. The molecule has 2 aromatic rings. The summed E-state index contributed by atoms with van der Waals surface area (Å²) in [5, 5.41) is 1.91. The zero-order chi connectivity index (χ0) is 16.3. The van der Waals surface area contributed by atoms with Crippen LogP contribution in [0.1, 0.15) is 14.5 Å². The SMILES string of the molecule is COc1ccc(-c2cc(C)sc2C(=O)NCC(F)(F)F)cc1. The number of hydrogen-bond donors (Lipinski definition) is 1. The second-order valence-electron chi connectivity index (χ2n) is 4.63. The van der Waals surface area contributed by atoms with Gasteiger partial charge in [-0.3, -0.25) is 4.79 Å². The molecule has 0 fully saturated rings. The van der Waals surface area contributed by atoms with E-state index in [1.54, 1.807) is 44.4 Å². The number of benzene rings is 1. The lowest BCUT2D eigenvalue weighted by atomic mass is 10.1. The van der Waals surface area contributed by atoms with Crippen molar-refractivity contribution in [1.29, 1.82) is 0 Å². The summed E-state index contributed by atoms with van der Waals surface area (Å²) in [6.07, 6.45) is -4.43. The number of rotatable bonds is 4. The standard InChI is InChI=1S/C15H14F3NO2S/c1-9-7-12(10-3-5-11(21-2)6-4-10)13(22-9)14(20)19-8-15(16,17)18/h3-7H,8H2,1-2H3,(H,19,20). The number of alkyl halides is 3. The molecule has 0 spiro atoms. The lowest BCUT2D eigenvalue weighted by molar-refractivity contribution is -0.123. The Labute approximate surface area is 129 Å². The summed E-state index contributed by atoms with van der Waals surface area (Å²) < 4.78 is 41.7. The van der Waals surface area contributed by atoms with Crippen molar-refractivity contribution in [3.63, 3.8) is 0 Å². The summed E-state index contributed by atoms with van der Waals surface area (Å²) >= 11 is 1.17. The van der Waals surface area contributed by atoms with Crippen molar-refractivity contribution in [3.05, 3.63) is 40.1 Å². The Morgan fingerprint density at radius 1 is 1.27 bits per heavy atom. The van der Waals surface area contributed by atoms with Gasteiger partial charge in [-0.25, -0.2) is 0 Å². The second-order valence-corrected chi connectivity index (χ2v) is 5.88. The van der Waals surface area contributed by atoms with Gasteiger partial charge in [0.2, 0.25) is 0 Å². The highest BCUT2D eigenvalue weighted by atomic mass is 32.1. The molecule has 2 rings (SSSR count). The van der Waals surface area contributed by atoms with Gasteiger partial charge in [0.1, 0.15) is 12.3 Å². The third kappa shape index (κ3) is 4.00. The second kappa shape index (κ2) is 6.39. The van der Waals surface area contributed by atoms with Crippen LogP contribution < -0.4 is 10.1 Å². The van der Waals surface area contributed by atoms with E-state index >= 15 is 0 Å². The van der Waals surface area contributed by atoms with Gasteiger partial charge in [0.25, 0.3) is 5.91 Å². The number of hydrogen-bond acceptors (Lipinski definition) is 3. The van der Waals surface area contributed by atoms with Gasteiger partial charge in [0.05, 0.1) is 12.0 Å². The first-order chi connectivity index (χ1) is 10.3. The van der Waals surface area contributed by atoms with Crippen LogP contribution in [0.5, 0.6) is 5.75 Å².